The molecule has 6 heteroatoms. The van der Waals surface area contributed by atoms with Gasteiger partial charge in [0, 0.05) is 36.8 Å². The molecule has 30 heavy (non-hydrogen) atoms. The maximum absolute atomic E-state index is 13.8. The molecule has 0 atom stereocenters. The molecule has 0 unspecified atom stereocenters. The van der Waals surface area contributed by atoms with Crippen LogP contribution in [0.15, 0.2) is 24.3 Å². The van der Waals surface area contributed by atoms with E-state index in [1.54, 1.807) is 11.0 Å². The molecule has 0 spiro atoms. The second-order valence-electron chi connectivity index (χ2n) is 9.38. The minimum absolute atomic E-state index is 0.0590. The summed E-state index contributed by atoms with van der Waals surface area (Å²) in [5.41, 5.74) is 6.65. The van der Waals surface area contributed by atoms with E-state index in [4.69, 9.17) is 5.73 Å². The Labute approximate surface area is 178 Å². The van der Waals surface area contributed by atoms with Gasteiger partial charge in [-0.3, -0.25) is 9.59 Å². The summed E-state index contributed by atoms with van der Waals surface area (Å²) >= 11 is 0. The van der Waals surface area contributed by atoms with Crippen molar-refractivity contribution < 1.29 is 14.0 Å². The molecule has 3 aliphatic rings. The van der Waals surface area contributed by atoms with Crippen molar-refractivity contribution in [1.82, 2.24) is 4.90 Å². The molecule has 2 N–H and O–H groups in total. The molecule has 2 fully saturated rings. The molecule has 0 bridgehead atoms. The molecular weight excluding hydrogens is 381 g/mol. The molecule has 2 amide bonds. The second kappa shape index (κ2) is 8.50. The molecule has 5 nitrogen and oxygen atoms in total. The Morgan fingerprint density at radius 2 is 1.77 bits per heavy atom. The van der Waals surface area contributed by atoms with Crippen LogP contribution in [0.2, 0.25) is 0 Å². The number of fused-ring (bicyclic) bond motifs is 1. The fraction of sp³-hybridized carbons (Fsp3) is 0.583. The third-order valence-corrected chi connectivity index (χ3v) is 7.31. The van der Waals surface area contributed by atoms with Crippen molar-refractivity contribution in [2.24, 2.45) is 17.6 Å². The van der Waals surface area contributed by atoms with Gasteiger partial charge in [0.2, 0.25) is 5.91 Å². The van der Waals surface area contributed by atoms with Gasteiger partial charge in [-0.1, -0.05) is 13.8 Å². The minimum Gasteiger partial charge on any atom is -0.366 e. The summed E-state index contributed by atoms with van der Waals surface area (Å²) in [5.74, 6) is 0.261. The highest BCUT2D eigenvalue weighted by Gasteiger charge is 2.39. The van der Waals surface area contributed by atoms with E-state index in [0.717, 1.165) is 43.8 Å². The maximum atomic E-state index is 13.8. The zero-order valence-corrected chi connectivity index (χ0v) is 17.9. The number of likely N-dealkylation sites (tertiary alicyclic amines) is 1. The normalized spacial score (nSPS) is 27.1. The molecule has 2 aliphatic heterocycles. The lowest BCUT2D eigenvalue weighted by atomic mass is 9.79. The van der Waals surface area contributed by atoms with Gasteiger partial charge in [-0.05, 0) is 68.6 Å². The number of halogens is 1. The Morgan fingerprint density at radius 1 is 1.10 bits per heavy atom. The number of piperidine rings is 1. The van der Waals surface area contributed by atoms with Gasteiger partial charge in [0.05, 0.1) is 11.3 Å². The number of rotatable bonds is 4. The van der Waals surface area contributed by atoms with Crippen LogP contribution in [-0.4, -0.2) is 41.9 Å². The highest BCUT2D eigenvalue weighted by atomic mass is 19.1. The van der Waals surface area contributed by atoms with Crippen molar-refractivity contribution in [3.8, 4) is 0 Å². The summed E-state index contributed by atoms with van der Waals surface area (Å²) in [5, 5.41) is 0. The second-order valence-corrected chi connectivity index (χ2v) is 9.38. The van der Waals surface area contributed by atoms with Crippen molar-refractivity contribution in [2.45, 2.75) is 64.5 Å². The summed E-state index contributed by atoms with van der Waals surface area (Å²) in [6.45, 7) is 6.59. The first-order chi connectivity index (χ1) is 14.3. The Hall–Kier alpha value is -2.21. The predicted molar refractivity (Wildman–Crippen MR) is 116 cm³/mol. The van der Waals surface area contributed by atoms with Crippen LogP contribution in [0, 0.1) is 17.7 Å². The van der Waals surface area contributed by atoms with E-state index in [9.17, 15) is 14.0 Å². The molecule has 1 saturated heterocycles. The summed E-state index contributed by atoms with van der Waals surface area (Å²) in [7, 11) is 0. The molecule has 162 valence electrons. The van der Waals surface area contributed by atoms with Crippen molar-refractivity contribution in [3.05, 3.63) is 35.7 Å². The number of benzene rings is 1. The van der Waals surface area contributed by atoms with Gasteiger partial charge in [0.1, 0.15) is 5.82 Å². The van der Waals surface area contributed by atoms with Crippen LogP contribution in [0.4, 0.5) is 10.1 Å². The van der Waals surface area contributed by atoms with E-state index < -0.39 is 11.7 Å². The van der Waals surface area contributed by atoms with Crippen LogP contribution in [0.5, 0.6) is 0 Å². The molecule has 0 radical (unpaired) electrons. The van der Waals surface area contributed by atoms with Gasteiger partial charge in [-0.2, -0.15) is 0 Å². The van der Waals surface area contributed by atoms with Crippen LogP contribution >= 0.6 is 0 Å². The molecule has 0 aromatic heterocycles. The number of carbonyl (C=O) groups excluding carboxylic acids is 2. The first-order valence-corrected chi connectivity index (χ1v) is 11.2. The average Bonchev–Trinajstić information content (AvgIpc) is 2.99. The van der Waals surface area contributed by atoms with Crippen molar-refractivity contribution in [3.63, 3.8) is 0 Å². The summed E-state index contributed by atoms with van der Waals surface area (Å²) in [4.78, 5) is 28.9. The largest absolute Gasteiger partial charge is 0.366 e. The van der Waals surface area contributed by atoms with E-state index in [0.29, 0.717) is 17.3 Å². The number of carbonyl (C=O) groups is 2. The average molecular weight is 414 g/mol. The van der Waals surface area contributed by atoms with Crippen LogP contribution in [0.25, 0.3) is 5.57 Å². The molecule has 1 aromatic carbocycles. The van der Waals surface area contributed by atoms with Crippen LogP contribution in [-0.2, 0) is 9.59 Å². The predicted octanol–water partition coefficient (Wildman–Crippen LogP) is 3.72. The lowest BCUT2D eigenvalue weighted by Gasteiger charge is -2.43. The van der Waals surface area contributed by atoms with E-state index >= 15 is 0 Å². The van der Waals surface area contributed by atoms with Gasteiger partial charge in [-0.15, -0.1) is 0 Å². The molecule has 4 rings (SSSR count). The maximum Gasteiger partial charge on any atom is 0.259 e. The highest BCUT2D eigenvalue weighted by molar-refractivity contribution is 6.35. The number of hydrogen-bond acceptors (Lipinski definition) is 3. The van der Waals surface area contributed by atoms with Crippen LogP contribution in [0.3, 0.4) is 0 Å². The smallest absolute Gasteiger partial charge is 0.259 e. The first kappa shape index (κ1) is 21.0. The van der Waals surface area contributed by atoms with Crippen LogP contribution < -0.4 is 10.6 Å². The number of nitrogens with two attached hydrogens (primary N) is 1. The SMILES string of the molecule is CC(C)[C@H]1CC[C@@H](N2CCC(N3C(=O)/C(=C\C(N)=O)c4cc(F)ccc43)CC2)CC1. The summed E-state index contributed by atoms with van der Waals surface area (Å²) in [6.07, 6.45) is 8.06. The third-order valence-electron chi connectivity index (χ3n) is 7.31. The van der Waals surface area contributed by atoms with Gasteiger partial charge < -0.3 is 15.5 Å². The lowest BCUT2D eigenvalue weighted by Crippen LogP contribution is -2.49. The van der Waals surface area contributed by atoms with E-state index in [2.05, 4.69) is 18.7 Å². The van der Waals surface area contributed by atoms with Crippen molar-refractivity contribution in [2.75, 3.05) is 18.0 Å². The number of primary amides is 1. The Bertz CT molecular complexity index is 850. The zero-order valence-electron chi connectivity index (χ0n) is 17.9. The quantitative estimate of drug-likeness (QED) is 0.765. The van der Waals surface area contributed by atoms with Crippen molar-refractivity contribution in [1.29, 1.82) is 0 Å². The van der Waals surface area contributed by atoms with Gasteiger partial charge in [-0.25, -0.2) is 4.39 Å². The van der Waals surface area contributed by atoms with Gasteiger partial charge in [0.25, 0.3) is 5.91 Å². The van der Waals surface area contributed by atoms with Gasteiger partial charge >= 0.3 is 0 Å². The van der Waals surface area contributed by atoms with E-state index in [1.807, 2.05) is 0 Å². The molecular formula is C24H32FN3O2. The Kier molecular flexibility index (Phi) is 5.96. The fourth-order valence-corrected chi connectivity index (χ4v) is 5.58. The number of nitrogens with zero attached hydrogens (tertiary/aromatic N) is 2. The Balaban J connectivity index is 1.45. The molecule has 1 saturated carbocycles. The highest BCUT2D eigenvalue weighted by Crippen LogP contribution is 2.41. The van der Waals surface area contributed by atoms with E-state index in [1.165, 1.54) is 37.8 Å². The Morgan fingerprint density at radius 3 is 2.37 bits per heavy atom. The van der Waals surface area contributed by atoms with Crippen LogP contribution in [0.1, 0.15) is 57.9 Å². The summed E-state index contributed by atoms with van der Waals surface area (Å²) < 4.78 is 13.8. The minimum atomic E-state index is -0.692. The number of anilines is 1. The standard InChI is InChI=1S/C24H32FN3O2/c1-15(2)16-3-6-18(7-4-16)27-11-9-19(10-12-27)28-22-8-5-17(25)13-20(22)21(24(28)30)14-23(26)29/h5,8,13-16,18-19H,3-4,6-7,9-12H2,1-2H3,(H2,26,29)/b21-14-/t16-,18+. The molecule has 1 aromatic rings. The summed E-state index contributed by atoms with van der Waals surface area (Å²) in [6, 6.07) is 5.05. The topological polar surface area (TPSA) is 66.6 Å². The molecule has 1 aliphatic carbocycles. The first-order valence-electron chi connectivity index (χ1n) is 11.2. The third kappa shape index (κ3) is 4.02. The van der Waals surface area contributed by atoms with E-state index in [-0.39, 0.29) is 17.5 Å². The zero-order chi connectivity index (χ0) is 21.4. The monoisotopic (exact) mass is 413 g/mol. The van der Waals surface area contributed by atoms with Crippen molar-refractivity contribution >= 4 is 23.1 Å². The van der Waals surface area contributed by atoms with Gasteiger partial charge in [0.15, 0.2) is 0 Å². The lowest BCUT2D eigenvalue weighted by molar-refractivity contribution is -0.115. The fourth-order valence-electron chi connectivity index (χ4n) is 5.58. The molecule has 2 heterocycles. The number of hydrogen-bond donors (Lipinski definition) is 1. The number of amides is 2.